The highest BCUT2D eigenvalue weighted by Gasteiger charge is 2.42. The number of rotatable bonds is 3. The number of methoxy groups -OCH3 is 1. The second kappa shape index (κ2) is 4.72. The molecule has 0 spiro atoms. The Balaban J connectivity index is 2.03. The summed E-state index contributed by atoms with van der Waals surface area (Å²) >= 11 is 0. The van der Waals surface area contributed by atoms with Crippen molar-refractivity contribution in [2.24, 2.45) is 17.6 Å². The summed E-state index contributed by atoms with van der Waals surface area (Å²) in [6, 6.07) is 1.31. The maximum absolute atomic E-state index is 11.6. The first-order valence-electron chi connectivity index (χ1n) is 6.17. The predicted molar refractivity (Wildman–Crippen MR) is 61.9 cm³/mol. The van der Waals surface area contributed by atoms with E-state index in [2.05, 4.69) is 11.9 Å². The molecule has 3 atom stereocenters. The van der Waals surface area contributed by atoms with Gasteiger partial charge >= 0.3 is 5.97 Å². The van der Waals surface area contributed by atoms with E-state index >= 15 is 0 Å². The first-order chi connectivity index (χ1) is 7.67. The molecule has 2 aliphatic rings. The zero-order valence-corrected chi connectivity index (χ0v) is 10.2. The number of nitrogens with zero attached hydrogens (tertiary/aromatic N) is 1. The van der Waals surface area contributed by atoms with E-state index in [4.69, 9.17) is 10.5 Å². The van der Waals surface area contributed by atoms with Crippen molar-refractivity contribution in [3.63, 3.8) is 0 Å². The molecule has 0 aromatic heterocycles. The van der Waals surface area contributed by atoms with Crippen LogP contribution in [-0.4, -0.2) is 43.7 Å². The summed E-state index contributed by atoms with van der Waals surface area (Å²) in [4.78, 5) is 14.1. The van der Waals surface area contributed by atoms with Crippen molar-refractivity contribution in [3.8, 4) is 0 Å². The summed E-state index contributed by atoms with van der Waals surface area (Å²) in [5.74, 6) is 0.199. The van der Waals surface area contributed by atoms with E-state index < -0.39 is 0 Å². The third-order valence-electron chi connectivity index (χ3n) is 4.46. The average molecular weight is 226 g/mol. The van der Waals surface area contributed by atoms with E-state index in [1.807, 2.05) is 0 Å². The number of carbonyl (C=O) groups excluding carboxylic acids is 1. The first-order valence-corrected chi connectivity index (χ1v) is 6.17. The fourth-order valence-electron chi connectivity index (χ4n) is 3.41. The van der Waals surface area contributed by atoms with Crippen LogP contribution in [0.4, 0.5) is 0 Å². The lowest BCUT2D eigenvalue weighted by atomic mass is 9.81. The van der Waals surface area contributed by atoms with Crippen LogP contribution in [0.1, 0.15) is 25.7 Å². The maximum atomic E-state index is 11.6. The van der Waals surface area contributed by atoms with Gasteiger partial charge < -0.3 is 15.4 Å². The van der Waals surface area contributed by atoms with E-state index in [1.165, 1.54) is 20.0 Å². The molecule has 16 heavy (non-hydrogen) atoms. The van der Waals surface area contributed by atoms with Crippen molar-refractivity contribution in [1.29, 1.82) is 0 Å². The Morgan fingerprint density at radius 1 is 1.44 bits per heavy atom. The zero-order chi connectivity index (χ0) is 11.7. The van der Waals surface area contributed by atoms with Crippen LogP contribution < -0.4 is 5.73 Å². The molecule has 3 unspecified atom stereocenters. The summed E-state index contributed by atoms with van der Waals surface area (Å²) in [7, 11) is 3.66. The van der Waals surface area contributed by atoms with Gasteiger partial charge in [-0.2, -0.15) is 0 Å². The number of fused-ring (bicyclic) bond motifs is 2. The van der Waals surface area contributed by atoms with Crippen LogP contribution in [0.2, 0.25) is 0 Å². The lowest BCUT2D eigenvalue weighted by Gasteiger charge is -2.38. The molecule has 0 aromatic rings. The molecule has 2 bridgehead atoms. The highest BCUT2D eigenvalue weighted by molar-refractivity contribution is 5.72. The lowest BCUT2D eigenvalue weighted by molar-refractivity contribution is -0.148. The van der Waals surface area contributed by atoms with E-state index in [0.717, 1.165) is 12.8 Å². The fraction of sp³-hybridized carbons (Fsp3) is 0.917. The van der Waals surface area contributed by atoms with Gasteiger partial charge in [-0.25, -0.2) is 0 Å². The van der Waals surface area contributed by atoms with Crippen LogP contribution in [0.3, 0.4) is 0 Å². The predicted octanol–water partition coefficient (Wildman–Crippen LogP) is 0.607. The van der Waals surface area contributed by atoms with Gasteiger partial charge in [0.25, 0.3) is 0 Å². The minimum Gasteiger partial charge on any atom is -0.469 e. The number of nitrogens with two attached hydrogens (primary N) is 1. The van der Waals surface area contributed by atoms with Gasteiger partial charge in [0.05, 0.1) is 13.0 Å². The van der Waals surface area contributed by atoms with Gasteiger partial charge in [-0.15, -0.1) is 0 Å². The van der Waals surface area contributed by atoms with E-state index in [1.54, 1.807) is 0 Å². The molecule has 2 rings (SSSR count). The van der Waals surface area contributed by atoms with Crippen molar-refractivity contribution in [3.05, 3.63) is 0 Å². The van der Waals surface area contributed by atoms with Gasteiger partial charge in [-0.1, -0.05) is 0 Å². The number of hydrogen-bond donors (Lipinski definition) is 1. The quantitative estimate of drug-likeness (QED) is 0.716. The van der Waals surface area contributed by atoms with Crippen molar-refractivity contribution in [2.75, 3.05) is 20.7 Å². The summed E-state index contributed by atoms with van der Waals surface area (Å²) in [5.41, 5.74) is 5.71. The molecule has 0 amide bonds. The molecule has 2 N–H and O–H groups in total. The summed E-state index contributed by atoms with van der Waals surface area (Å²) in [6.45, 7) is 0.417. The molecular weight excluding hydrogens is 204 g/mol. The van der Waals surface area contributed by atoms with Crippen molar-refractivity contribution < 1.29 is 9.53 Å². The van der Waals surface area contributed by atoms with Gasteiger partial charge in [0.2, 0.25) is 0 Å². The van der Waals surface area contributed by atoms with Crippen molar-refractivity contribution >= 4 is 5.97 Å². The molecule has 0 saturated carbocycles. The second-order valence-corrected chi connectivity index (χ2v) is 5.15. The minimum atomic E-state index is -0.128. The maximum Gasteiger partial charge on any atom is 0.310 e. The number of hydrogen-bond acceptors (Lipinski definition) is 4. The molecule has 92 valence electrons. The Morgan fingerprint density at radius 2 is 2.00 bits per heavy atom. The summed E-state index contributed by atoms with van der Waals surface area (Å²) in [6.07, 6.45) is 4.75. The highest BCUT2D eigenvalue weighted by Crippen LogP contribution is 2.40. The monoisotopic (exact) mass is 226 g/mol. The summed E-state index contributed by atoms with van der Waals surface area (Å²) < 4.78 is 4.84. The van der Waals surface area contributed by atoms with Gasteiger partial charge in [0.15, 0.2) is 0 Å². The van der Waals surface area contributed by atoms with Gasteiger partial charge in [0.1, 0.15) is 0 Å². The Kier molecular flexibility index (Phi) is 3.50. The SMILES string of the molecule is COC(=O)C(CN)C1CC2CCC(C1)N2C. The van der Waals surface area contributed by atoms with Crippen LogP contribution >= 0.6 is 0 Å². The van der Waals surface area contributed by atoms with Crippen molar-refractivity contribution in [2.45, 2.75) is 37.8 Å². The molecule has 2 aliphatic heterocycles. The topological polar surface area (TPSA) is 55.6 Å². The van der Waals surface area contributed by atoms with Crippen LogP contribution in [0, 0.1) is 11.8 Å². The van der Waals surface area contributed by atoms with Crippen LogP contribution in [0.25, 0.3) is 0 Å². The number of carbonyl (C=O) groups is 1. The average Bonchev–Trinajstić information content (AvgIpc) is 2.54. The van der Waals surface area contributed by atoms with Gasteiger partial charge in [0, 0.05) is 18.6 Å². The van der Waals surface area contributed by atoms with E-state index in [9.17, 15) is 4.79 Å². The molecule has 0 aromatic carbocycles. The third-order valence-corrected chi connectivity index (χ3v) is 4.46. The lowest BCUT2D eigenvalue weighted by Crippen LogP contribution is -2.45. The molecule has 4 heteroatoms. The number of ether oxygens (including phenoxy) is 1. The van der Waals surface area contributed by atoms with E-state index in [-0.39, 0.29) is 11.9 Å². The largest absolute Gasteiger partial charge is 0.469 e. The molecule has 4 nitrogen and oxygen atoms in total. The highest BCUT2D eigenvalue weighted by atomic mass is 16.5. The third kappa shape index (κ3) is 1.96. The van der Waals surface area contributed by atoms with Crippen LogP contribution in [0.15, 0.2) is 0 Å². The summed E-state index contributed by atoms with van der Waals surface area (Å²) in [5, 5.41) is 0. The molecule has 2 fully saturated rings. The van der Waals surface area contributed by atoms with Crippen LogP contribution in [-0.2, 0) is 9.53 Å². The zero-order valence-electron chi connectivity index (χ0n) is 10.2. The Morgan fingerprint density at radius 3 is 2.44 bits per heavy atom. The Labute approximate surface area is 97.1 Å². The normalized spacial score (nSPS) is 36.1. The number of esters is 1. The first kappa shape index (κ1) is 11.9. The minimum absolute atomic E-state index is 0.0956. The molecule has 2 saturated heterocycles. The molecular formula is C12H22N2O2. The van der Waals surface area contributed by atoms with Crippen LogP contribution in [0.5, 0.6) is 0 Å². The van der Waals surface area contributed by atoms with Crippen molar-refractivity contribution in [1.82, 2.24) is 4.90 Å². The standard InChI is InChI=1S/C12H22N2O2/c1-14-9-3-4-10(14)6-8(5-9)11(7-13)12(15)16-2/h8-11H,3-7,13H2,1-2H3. The fourth-order valence-corrected chi connectivity index (χ4v) is 3.41. The second-order valence-electron chi connectivity index (χ2n) is 5.15. The number of piperidine rings is 1. The smallest absolute Gasteiger partial charge is 0.310 e. The Hall–Kier alpha value is -0.610. The molecule has 0 aliphatic carbocycles. The molecule has 2 heterocycles. The van der Waals surface area contributed by atoms with E-state index in [0.29, 0.717) is 24.5 Å². The van der Waals surface area contributed by atoms with Gasteiger partial charge in [-0.3, -0.25) is 4.79 Å². The molecule has 0 radical (unpaired) electrons. The Bertz CT molecular complexity index is 256. The van der Waals surface area contributed by atoms with Gasteiger partial charge in [-0.05, 0) is 38.6 Å².